The average molecular weight is 546 g/mol. The average Bonchev–Trinajstić information content (AvgIpc) is 3.75. The fourth-order valence-corrected chi connectivity index (χ4v) is 6.81. The molecular formula is C29H39N9O2. The maximum atomic E-state index is 9.92. The predicted octanol–water partition coefficient (Wildman–Crippen LogP) is 2.13. The summed E-state index contributed by atoms with van der Waals surface area (Å²) in [5.41, 5.74) is 3.46. The van der Waals surface area contributed by atoms with Crippen LogP contribution < -0.4 is 4.90 Å². The third-order valence-electron chi connectivity index (χ3n) is 9.10. The molecule has 6 heterocycles. The van der Waals surface area contributed by atoms with Crippen molar-refractivity contribution < 1.29 is 9.84 Å². The summed E-state index contributed by atoms with van der Waals surface area (Å²) < 4.78 is 9.91. The lowest BCUT2D eigenvalue weighted by atomic mass is 10.0. The predicted molar refractivity (Wildman–Crippen MR) is 154 cm³/mol. The number of hydrogen-bond donors (Lipinski definition) is 1. The molecule has 3 aliphatic rings. The van der Waals surface area contributed by atoms with Crippen molar-refractivity contribution >= 4 is 28.0 Å². The first-order valence-electron chi connectivity index (χ1n) is 14.5. The van der Waals surface area contributed by atoms with Crippen LogP contribution in [0.3, 0.4) is 0 Å². The van der Waals surface area contributed by atoms with E-state index in [2.05, 4.69) is 57.7 Å². The Morgan fingerprint density at radius 2 is 1.80 bits per heavy atom. The van der Waals surface area contributed by atoms with Gasteiger partial charge in [0.1, 0.15) is 11.6 Å². The first-order chi connectivity index (χ1) is 19.4. The molecule has 0 aliphatic carbocycles. The standard InChI is InChI=1S/C29H39N9O2/c1-5-23-30-21-8-6-7-9-22(21)38(23)28-32-26-25(27(33-28)35-10-12-40-13-11-35)31-24(34(26)4)17-36-15-20-14-19(36)16-37(20)29(2,3)18-39/h6-9,19-20,39H,5,10-18H2,1-4H3/t19-,20-/m0/s1. The number of imidazole rings is 2. The number of rotatable bonds is 7. The van der Waals surface area contributed by atoms with E-state index in [9.17, 15) is 5.11 Å². The van der Waals surface area contributed by atoms with Crippen LogP contribution in [0.4, 0.5) is 5.82 Å². The molecule has 7 rings (SSSR count). The summed E-state index contributed by atoms with van der Waals surface area (Å²) in [4.78, 5) is 27.7. The molecule has 0 amide bonds. The van der Waals surface area contributed by atoms with E-state index in [-0.39, 0.29) is 12.1 Å². The summed E-state index contributed by atoms with van der Waals surface area (Å²) in [5, 5.41) is 9.92. The number of morpholine rings is 1. The Morgan fingerprint density at radius 1 is 1.00 bits per heavy atom. The number of likely N-dealkylation sites (tertiary alicyclic amines) is 2. The number of para-hydroxylation sites is 2. The second kappa shape index (κ2) is 9.76. The third kappa shape index (κ3) is 4.09. The summed E-state index contributed by atoms with van der Waals surface area (Å²) in [5.74, 6) is 3.45. The van der Waals surface area contributed by atoms with E-state index >= 15 is 0 Å². The molecule has 11 nitrogen and oxygen atoms in total. The van der Waals surface area contributed by atoms with E-state index in [0.29, 0.717) is 31.2 Å². The summed E-state index contributed by atoms with van der Waals surface area (Å²) in [7, 11) is 2.08. The smallest absolute Gasteiger partial charge is 0.239 e. The lowest BCUT2D eigenvalue weighted by Gasteiger charge is -2.42. The Kier molecular flexibility index (Phi) is 6.30. The monoisotopic (exact) mass is 545 g/mol. The van der Waals surface area contributed by atoms with E-state index in [4.69, 9.17) is 24.7 Å². The van der Waals surface area contributed by atoms with Gasteiger partial charge >= 0.3 is 0 Å². The molecule has 3 fully saturated rings. The number of aryl methyl sites for hydroxylation is 2. The second-order valence-electron chi connectivity index (χ2n) is 12.0. The Morgan fingerprint density at radius 3 is 2.52 bits per heavy atom. The summed E-state index contributed by atoms with van der Waals surface area (Å²) in [6, 6.07) is 9.13. The van der Waals surface area contributed by atoms with Gasteiger partial charge < -0.3 is 19.3 Å². The zero-order valence-corrected chi connectivity index (χ0v) is 23.9. The Bertz CT molecular complexity index is 1550. The molecular weight excluding hydrogens is 506 g/mol. The van der Waals surface area contributed by atoms with Gasteiger partial charge in [-0.05, 0) is 32.4 Å². The van der Waals surface area contributed by atoms with Gasteiger partial charge in [0.15, 0.2) is 17.0 Å². The number of aliphatic hydroxyl groups is 1. The lowest BCUT2D eigenvalue weighted by Crippen LogP contribution is -2.56. The van der Waals surface area contributed by atoms with Crippen LogP contribution >= 0.6 is 0 Å². The lowest BCUT2D eigenvalue weighted by molar-refractivity contribution is 0.00964. The van der Waals surface area contributed by atoms with Gasteiger partial charge in [0.25, 0.3) is 0 Å². The Labute approximate surface area is 234 Å². The van der Waals surface area contributed by atoms with Crippen molar-refractivity contribution in [3.05, 3.63) is 35.9 Å². The van der Waals surface area contributed by atoms with Crippen molar-refractivity contribution in [3.63, 3.8) is 0 Å². The molecule has 0 radical (unpaired) electrons. The zero-order chi connectivity index (χ0) is 27.6. The third-order valence-corrected chi connectivity index (χ3v) is 9.10. The second-order valence-corrected chi connectivity index (χ2v) is 12.0. The molecule has 40 heavy (non-hydrogen) atoms. The van der Waals surface area contributed by atoms with Gasteiger partial charge in [0, 0.05) is 57.3 Å². The molecule has 4 aromatic rings. The minimum Gasteiger partial charge on any atom is -0.394 e. The van der Waals surface area contributed by atoms with Crippen LogP contribution in [-0.4, -0.2) is 108 Å². The first kappa shape index (κ1) is 25.8. The zero-order valence-electron chi connectivity index (χ0n) is 23.9. The van der Waals surface area contributed by atoms with Gasteiger partial charge in [-0.25, -0.2) is 9.97 Å². The van der Waals surface area contributed by atoms with Crippen molar-refractivity contribution in [1.82, 2.24) is 38.9 Å². The molecule has 1 aromatic carbocycles. The number of aliphatic hydroxyl groups excluding tert-OH is 1. The van der Waals surface area contributed by atoms with Gasteiger partial charge in [0.2, 0.25) is 5.95 Å². The number of benzene rings is 1. The number of aromatic nitrogens is 6. The van der Waals surface area contributed by atoms with E-state index in [1.165, 1.54) is 0 Å². The number of ether oxygens (including phenoxy) is 1. The van der Waals surface area contributed by atoms with E-state index in [1.54, 1.807) is 0 Å². The largest absolute Gasteiger partial charge is 0.394 e. The fraction of sp³-hybridized carbons (Fsp3) is 0.586. The molecule has 2 bridgehead atoms. The van der Waals surface area contributed by atoms with Gasteiger partial charge in [0.05, 0.1) is 37.4 Å². The first-order valence-corrected chi connectivity index (χ1v) is 14.5. The summed E-state index contributed by atoms with van der Waals surface area (Å²) >= 11 is 0. The highest BCUT2D eigenvalue weighted by atomic mass is 16.5. The van der Waals surface area contributed by atoms with Crippen molar-refractivity contribution in [1.29, 1.82) is 0 Å². The molecule has 3 saturated heterocycles. The van der Waals surface area contributed by atoms with Crippen LogP contribution in [0.15, 0.2) is 24.3 Å². The molecule has 2 atom stereocenters. The van der Waals surface area contributed by atoms with Crippen LogP contribution in [0, 0.1) is 0 Å². The molecule has 3 aromatic heterocycles. The molecule has 3 aliphatic heterocycles. The highest BCUT2D eigenvalue weighted by molar-refractivity contribution is 5.86. The number of anilines is 1. The minimum absolute atomic E-state index is 0.179. The van der Waals surface area contributed by atoms with Crippen LogP contribution in [-0.2, 0) is 24.8 Å². The summed E-state index contributed by atoms with van der Waals surface area (Å²) in [6.45, 7) is 12.2. The minimum atomic E-state index is -0.183. The molecule has 0 unspecified atom stereocenters. The van der Waals surface area contributed by atoms with Crippen molar-refractivity contribution in [2.75, 3.05) is 50.9 Å². The van der Waals surface area contributed by atoms with Gasteiger partial charge in [-0.15, -0.1) is 0 Å². The number of hydrogen-bond acceptors (Lipinski definition) is 9. The highest BCUT2D eigenvalue weighted by Gasteiger charge is 2.48. The van der Waals surface area contributed by atoms with Crippen LogP contribution in [0.1, 0.15) is 38.8 Å². The molecule has 0 spiro atoms. The molecule has 11 heteroatoms. The topological polar surface area (TPSA) is 101 Å². The van der Waals surface area contributed by atoms with Gasteiger partial charge in [-0.2, -0.15) is 9.97 Å². The summed E-state index contributed by atoms with van der Waals surface area (Å²) in [6.07, 6.45) is 1.92. The van der Waals surface area contributed by atoms with Gasteiger partial charge in [-0.1, -0.05) is 19.1 Å². The number of piperazine rings is 1. The SMILES string of the molecule is CCc1nc2ccccc2n1-c1nc(N2CCOCC2)c2nc(CN3C[C@@H]4C[C@H]3CN4C(C)(C)CO)n(C)c2n1. The molecule has 1 N–H and O–H groups in total. The van der Waals surface area contributed by atoms with Crippen molar-refractivity contribution in [2.45, 2.75) is 57.8 Å². The van der Waals surface area contributed by atoms with Gasteiger partial charge in [-0.3, -0.25) is 14.4 Å². The quantitative estimate of drug-likeness (QED) is 0.374. The maximum absolute atomic E-state index is 9.92. The van der Waals surface area contributed by atoms with E-state index < -0.39 is 0 Å². The Balaban J connectivity index is 1.29. The van der Waals surface area contributed by atoms with Crippen LogP contribution in [0.5, 0.6) is 0 Å². The van der Waals surface area contributed by atoms with Crippen molar-refractivity contribution in [3.8, 4) is 5.95 Å². The Hall–Kier alpha value is -3.12. The number of nitrogens with zero attached hydrogens (tertiary/aromatic N) is 9. The van der Waals surface area contributed by atoms with E-state index in [0.717, 1.165) is 85.2 Å². The van der Waals surface area contributed by atoms with Crippen molar-refractivity contribution in [2.24, 2.45) is 7.05 Å². The molecule has 212 valence electrons. The fourth-order valence-electron chi connectivity index (χ4n) is 6.81. The molecule has 0 saturated carbocycles. The number of fused-ring (bicyclic) bond motifs is 4. The highest BCUT2D eigenvalue weighted by Crippen LogP contribution is 2.37. The van der Waals surface area contributed by atoms with Crippen LogP contribution in [0.25, 0.3) is 28.1 Å². The van der Waals surface area contributed by atoms with E-state index in [1.807, 2.05) is 18.2 Å². The maximum Gasteiger partial charge on any atom is 0.239 e. The normalized spacial score (nSPS) is 22.4. The van der Waals surface area contributed by atoms with Crippen LogP contribution in [0.2, 0.25) is 0 Å².